The van der Waals surface area contributed by atoms with Gasteiger partial charge >= 0.3 is 0 Å². The van der Waals surface area contributed by atoms with E-state index in [0.29, 0.717) is 13.0 Å². The smallest absolute Gasteiger partial charge is 0.250 e. The van der Waals surface area contributed by atoms with E-state index in [9.17, 15) is 4.79 Å². The van der Waals surface area contributed by atoms with Crippen LogP contribution in [0.2, 0.25) is 0 Å². The minimum absolute atomic E-state index is 0.0936. The minimum Gasteiger partial charge on any atom is -0.308 e. The van der Waals surface area contributed by atoms with Crippen LogP contribution in [-0.2, 0) is 4.79 Å². The second-order valence-corrected chi connectivity index (χ2v) is 3.23. The lowest BCUT2D eigenvalue weighted by Gasteiger charge is -2.19. The highest BCUT2D eigenvalue weighted by Gasteiger charge is 2.11. The molecule has 0 saturated heterocycles. The van der Waals surface area contributed by atoms with Gasteiger partial charge in [-0.15, -0.1) is 0 Å². The van der Waals surface area contributed by atoms with E-state index in [-0.39, 0.29) is 5.91 Å². The predicted octanol–water partition coefficient (Wildman–Crippen LogP) is 2.51. The molecule has 0 aromatic heterocycles. The second-order valence-electron chi connectivity index (χ2n) is 3.23. The highest BCUT2D eigenvalue weighted by Crippen LogP contribution is 2.14. The first kappa shape index (κ1) is 12.0. The van der Waals surface area contributed by atoms with Crippen LogP contribution in [0.25, 0.3) is 0 Å². The lowest BCUT2D eigenvalue weighted by Crippen LogP contribution is -2.30. The largest absolute Gasteiger partial charge is 0.308 e. The fourth-order valence-electron chi connectivity index (χ4n) is 1.37. The van der Waals surface area contributed by atoms with Crippen molar-refractivity contribution in [2.75, 3.05) is 11.4 Å². The number of benzene rings is 1. The van der Waals surface area contributed by atoms with Gasteiger partial charge in [-0.1, -0.05) is 24.3 Å². The van der Waals surface area contributed by atoms with Crippen LogP contribution in [0.5, 0.6) is 0 Å². The summed E-state index contributed by atoms with van der Waals surface area (Å²) < 4.78 is 0. The molecular formula is C13H14N2O. The fraction of sp³-hybridized carbons (Fsp3) is 0.231. The SMILES string of the molecule is CC=CC(=O)N(CCC#N)c1ccccc1. The molecule has 0 spiro atoms. The van der Waals surface area contributed by atoms with Crippen LogP contribution in [0, 0.1) is 11.3 Å². The molecule has 0 radical (unpaired) electrons. The average molecular weight is 214 g/mol. The zero-order valence-electron chi connectivity index (χ0n) is 9.26. The third-order valence-corrected chi connectivity index (χ3v) is 2.09. The zero-order chi connectivity index (χ0) is 11.8. The molecule has 0 N–H and O–H groups in total. The maximum atomic E-state index is 11.8. The summed E-state index contributed by atoms with van der Waals surface area (Å²) in [4.78, 5) is 13.4. The van der Waals surface area contributed by atoms with E-state index in [0.717, 1.165) is 5.69 Å². The van der Waals surface area contributed by atoms with Gasteiger partial charge in [0.15, 0.2) is 0 Å². The average Bonchev–Trinajstić information content (AvgIpc) is 2.31. The summed E-state index contributed by atoms with van der Waals surface area (Å²) in [6, 6.07) is 11.4. The number of para-hydroxylation sites is 1. The Hall–Kier alpha value is -2.08. The molecule has 1 aromatic carbocycles. The van der Waals surface area contributed by atoms with Gasteiger partial charge in [0.25, 0.3) is 5.91 Å². The van der Waals surface area contributed by atoms with E-state index < -0.39 is 0 Å². The molecule has 0 bridgehead atoms. The van der Waals surface area contributed by atoms with Crippen molar-refractivity contribution in [3.05, 3.63) is 42.5 Å². The van der Waals surface area contributed by atoms with E-state index in [1.165, 1.54) is 6.08 Å². The van der Waals surface area contributed by atoms with Crippen molar-refractivity contribution < 1.29 is 4.79 Å². The number of rotatable bonds is 4. The van der Waals surface area contributed by atoms with Gasteiger partial charge in [-0.25, -0.2) is 0 Å². The Morgan fingerprint density at radius 3 is 2.69 bits per heavy atom. The lowest BCUT2D eigenvalue weighted by molar-refractivity contribution is -0.114. The van der Waals surface area contributed by atoms with E-state index in [1.807, 2.05) is 36.4 Å². The highest BCUT2D eigenvalue weighted by molar-refractivity contribution is 6.01. The van der Waals surface area contributed by atoms with E-state index in [2.05, 4.69) is 0 Å². The van der Waals surface area contributed by atoms with Crippen molar-refractivity contribution in [1.29, 1.82) is 5.26 Å². The van der Waals surface area contributed by atoms with Crippen molar-refractivity contribution in [1.82, 2.24) is 0 Å². The van der Waals surface area contributed by atoms with Gasteiger partial charge in [0.1, 0.15) is 0 Å². The summed E-state index contributed by atoms with van der Waals surface area (Å²) in [5, 5.41) is 8.57. The molecule has 0 aliphatic carbocycles. The first-order chi connectivity index (χ1) is 7.79. The number of carbonyl (C=O) groups excluding carboxylic acids is 1. The molecule has 0 unspecified atom stereocenters. The monoisotopic (exact) mass is 214 g/mol. The molecule has 0 fully saturated rings. The topological polar surface area (TPSA) is 44.1 Å². The van der Waals surface area contributed by atoms with Crippen molar-refractivity contribution in [3.63, 3.8) is 0 Å². The first-order valence-corrected chi connectivity index (χ1v) is 5.15. The number of anilines is 1. The lowest BCUT2D eigenvalue weighted by atomic mass is 10.2. The molecule has 0 aliphatic heterocycles. The molecule has 0 heterocycles. The van der Waals surface area contributed by atoms with Crippen LogP contribution in [0.1, 0.15) is 13.3 Å². The maximum absolute atomic E-state index is 11.8. The number of amides is 1. The summed E-state index contributed by atoms with van der Waals surface area (Å²) in [5.74, 6) is -0.0936. The Kier molecular flexibility index (Phi) is 4.81. The van der Waals surface area contributed by atoms with Crippen LogP contribution in [0.15, 0.2) is 42.5 Å². The Labute approximate surface area is 95.6 Å². The molecule has 1 rings (SSSR count). The van der Waals surface area contributed by atoms with E-state index >= 15 is 0 Å². The van der Waals surface area contributed by atoms with E-state index in [1.54, 1.807) is 17.9 Å². The number of hydrogen-bond acceptors (Lipinski definition) is 2. The Morgan fingerprint density at radius 1 is 1.44 bits per heavy atom. The van der Waals surface area contributed by atoms with Gasteiger partial charge in [-0.05, 0) is 25.1 Å². The number of hydrogen-bond donors (Lipinski definition) is 0. The Bertz CT molecular complexity index is 404. The van der Waals surface area contributed by atoms with Gasteiger partial charge in [-0.2, -0.15) is 5.26 Å². The number of nitriles is 1. The van der Waals surface area contributed by atoms with Gasteiger partial charge < -0.3 is 4.90 Å². The molecule has 3 heteroatoms. The van der Waals surface area contributed by atoms with Crippen LogP contribution in [0.4, 0.5) is 5.69 Å². The van der Waals surface area contributed by atoms with Gasteiger partial charge in [-0.3, -0.25) is 4.79 Å². The van der Waals surface area contributed by atoms with Crippen molar-refractivity contribution in [2.24, 2.45) is 0 Å². The van der Waals surface area contributed by atoms with Crippen molar-refractivity contribution in [2.45, 2.75) is 13.3 Å². The third-order valence-electron chi connectivity index (χ3n) is 2.09. The third kappa shape index (κ3) is 3.25. The number of nitrogens with zero attached hydrogens (tertiary/aromatic N) is 2. The molecular weight excluding hydrogens is 200 g/mol. The van der Waals surface area contributed by atoms with Crippen molar-refractivity contribution in [3.8, 4) is 6.07 Å². The number of carbonyl (C=O) groups is 1. The molecule has 82 valence electrons. The van der Waals surface area contributed by atoms with E-state index in [4.69, 9.17) is 5.26 Å². The Balaban J connectivity index is 2.88. The summed E-state index contributed by atoms with van der Waals surface area (Å²) in [6.07, 6.45) is 3.53. The Morgan fingerprint density at radius 2 is 2.12 bits per heavy atom. The maximum Gasteiger partial charge on any atom is 0.250 e. The van der Waals surface area contributed by atoms with Gasteiger partial charge in [0.2, 0.25) is 0 Å². The first-order valence-electron chi connectivity index (χ1n) is 5.15. The van der Waals surface area contributed by atoms with Gasteiger partial charge in [0, 0.05) is 12.2 Å². The highest BCUT2D eigenvalue weighted by atomic mass is 16.2. The number of allylic oxidation sites excluding steroid dienone is 1. The summed E-state index contributed by atoms with van der Waals surface area (Å²) in [7, 11) is 0. The quantitative estimate of drug-likeness (QED) is 0.723. The normalized spacial score (nSPS) is 10.0. The molecule has 1 aromatic rings. The molecule has 16 heavy (non-hydrogen) atoms. The fourth-order valence-corrected chi connectivity index (χ4v) is 1.37. The van der Waals surface area contributed by atoms with Crippen LogP contribution < -0.4 is 4.90 Å². The summed E-state index contributed by atoms with van der Waals surface area (Å²) in [5.41, 5.74) is 0.820. The molecule has 0 atom stereocenters. The zero-order valence-corrected chi connectivity index (χ0v) is 9.26. The minimum atomic E-state index is -0.0936. The van der Waals surface area contributed by atoms with Crippen LogP contribution in [0.3, 0.4) is 0 Å². The predicted molar refractivity (Wildman–Crippen MR) is 63.8 cm³/mol. The second kappa shape index (κ2) is 6.41. The standard InChI is InChI=1S/C13H14N2O/c1-2-7-13(16)15(11-6-10-14)12-8-4-3-5-9-12/h2-5,7-9H,6,11H2,1H3. The summed E-state index contributed by atoms with van der Waals surface area (Å²) in [6.45, 7) is 2.22. The molecule has 0 aliphatic rings. The molecule has 1 amide bonds. The van der Waals surface area contributed by atoms with Gasteiger partial charge in [0.05, 0.1) is 12.5 Å². The summed E-state index contributed by atoms with van der Waals surface area (Å²) >= 11 is 0. The molecule has 0 saturated carbocycles. The van der Waals surface area contributed by atoms with Crippen LogP contribution in [-0.4, -0.2) is 12.5 Å². The van der Waals surface area contributed by atoms with Crippen LogP contribution >= 0.6 is 0 Å². The molecule has 3 nitrogen and oxygen atoms in total. The van der Waals surface area contributed by atoms with Crippen molar-refractivity contribution >= 4 is 11.6 Å².